The Bertz CT molecular complexity index is 1390. The Hall–Kier alpha value is -3.21. The van der Waals surface area contributed by atoms with Crippen LogP contribution in [0.2, 0.25) is 0 Å². The molecule has 0 aliphatic rings. The SMILES string of the molecule is Cc1cc(C)cc(N(CC(=O)Nc2nnc(SCc3ccccc3)s2)S(=O)(=O)c2ccccc2)c1. The highest BCUT2D eigenvalue weighted by molar-refractivity contribution is 8.00. The van der Waals surface area contributed by atoms with Gasteiger partial charge in [0.05, 0.1) is 10.6 Å². The summed E-state index contributed by atoms with van der Waals surface area (Å²) < 4.78 is 28.8. The molecule has 0 aliphatic carbocycles. The number of anilines is 2. The molecule has 7 nitrogen and oxygen atoms in total. The fraction of sp³-hybridized carbons (Fsp3) is 0.160. The minimum absolute atomic E-state index is 0.113. The summed E-state index contributed by atoms with van der Waals surface area (Å²) >= 11 is 2.78. The number of amides is 1. The van der Waals surface area contributed by atoms with Crippen LogP contribution in [-0.4, -0.2) is 31.1 Å². The number of thioether (sulfide) groups is 1. The molecular formula is C25H24N4O3S3. The Morgan fingerprint density at radius 2 is 1.57 bits per heavy atom. The first-order chi connectivity index (χ1) is 16.8. The molecule has 1 amide bonds. The fourth-order valence-electron chi connectivity index (χ4n) is 3.46. The maximum absolute atomic E-state index is 13.5. The van der Waals surface area contributed by atoms with E-state index in [1.807, 2.05) is 50.2 Å². The molecule has 180 valence electrons. The third kappa shape index (κ3) is 6.47. The van der Waals surface area contributed by atoms with E-state index in [0.717, 1.165) is 26.7 Å². The molecule has 0 saturated heterocycles. The summed E-state index contributed by atoms with van der Waals surface area (Å²) in [7, 11) is -3.97. The van der Waals surface area contributed by atoms with E-state index in [9.17, 15) is 13.2 Å². The first kappa shape index (κ1) is 24.9. The number of carbonyl (C=O) groups excluding carboxylic acids is 1. The van der Waals surface area contributed by atoms with Crippen molar-refractivity contribution in [3.05, 3.63) is 95.6 Å². The summed E-state index contributed by atoms with van der Waals surface area (Å²) in [5.74, 6) is 0.235. The maximum atomic E-state index is 13.5. The van der Waals surface area contributed by atoms with Gasteiger partial charge in [0, 0.05) is 5.75 Å². The maximum Gasteiger partial charge on any atom is 0.264 e. The van der Waals surface area contributed by atoms with Crippen LogP contribution in [0.4, 0.5) is 10.8 Å². The van der Waals surface area contributed by atoms with Crippen LogP contribution < -0.4 is 9.62 Å². The van der Waals surface area contributed by atoms with E-state index < -0.39 is 22.5 Å². The van der Waals surface area contributed by atoms with Crippen molar-refractivity contribution in [2.24, 2.45) is 0 Å². The molecule has 0 bridgehead atoms. The van der Waals surface area contributed by atoms with E-state index >= 15 is 0 Å². The lowest BCUT2D eigenvalue weighted by Crippen LogP contribution is -2.38. The quantitative estimate of drug-likeness (QED) is 0.237. The second-order valence-corrected chi connectivity index (χ2v) is 11.9. The molecule has 0 spiro atoms. The second kappa shape index (κ2) is 11.0. The molecule has 1 heterocycles. The Morgan fingerprint density at radius 1 is 0.943 bits per heavy atom. The van der Waals surface area contributed by atoms with Gasteiger partial charge in [0.25, 0.3) is 10.0 Å². The number of sulfonamides is 1. The number of nitrogens with zero attached hydrogens (tertiary/aromatic N) is 3. The van der Waals surface area contributed by atoms with Gasteiger partial charge in [-0.2, -0.15) is 0 Å². The zero-order valence-electron chi connectivity index (χ0n) is 19.2. The predicted molar refractivity (Wildman–Crippen MR) is 141 cm³/mol. The van der Waals surface area contributed by atoms with Gasteiger partial charge >= 0.3 is 0 Å². The molecule has 0 fully saturated rings. The normalized spacial score (nSPS) is 11.3. The van der Waals surface area contributed by atoms with Gasteiger partial charge in [0.1, 0.15) is 6.54 Å². The van der Waals surface area contributed by atoms with Crippen molar-refractivity contribution >= 4 is 49.8 Å². The molecule has 4 aromatic rings. The van der Waals surface area contributed by atoms with Crippen molar-refractivity contribution in [2.45, 2.75) is 28.8 Å². The van der Waals surface area contributed by atoms with Crippen LogP contribution >= 0.6 is 23.1 Å². The van der Waals surface area contributed by atoms with Crippen molar-refractivity contribution in [3.63, 3.8) is 0 Å². The number of benzene rings is 3. The summed E-state index contributed by atoms with van der Waals surface area (Å²) in [5, 5.41) is 11.2. The molecule has 10 heteroatoms. The summed E-state index contributed by atoms with van der Waals surface area (Å²) in [4.78, 5) is 13.1. The first-order valence-corrected chi connectivity index (χ1v) is 14.0. The second-order valence-electron chi connectivity index (χ2n) is 7.87. The number of nitrogens with one attached hydrogen (secondary N) is 1. The van der Waals surface area contributed by atoms with Crippen LogP contribution in [0.3, 0.4) is 0 Å². The average Bonchev–Trinajstić information content (AvgIpc) is 3.29. The number of hydrogen-bond donors (Lipinski definition) is 1. The summed E-state index contributed by atoms with van der Waals surface area (Å²) in [6.45, 7) is 3.38. The van der Waals surface area contributed by atoms with E-state index in [1.54, 1.807) is 30.3 Å². The Labute approximate surface area is 213 Å². The highest BCUT2D eigenvalue weighted by atomic mass is 32.2. The van der Waals surface area contributed by atoms with Gasteiger partial charge in [-0.15, -0.1) is 10.2 Å². The number of rotatable bonds is 9. The molecule has 4 rings (SSSR count). The van der Waals surface area contributed by atoms with E-state index in [4.69, 9.17) is 0 Å². The van der Waals surface area contributed by atoms with Crippen molar-refractivity contribution in [2.75, 3.05) is 16.2 Å². The Morgan fingerprint density at radius 3 is 2.23 bits per heavy atom. The third-order valence-corrected chi connectivity index (χ3v) is 8.80. The fourth-order valence-corrected chi connectivity index (χ4v) is 6.61. The highest BCUT2D eigenvalue weighted by Gasteiger charge is 2.28. The van der Waals surface area contributed by atoms with E-state index in [1.165, 1.54) is 35.2 Å². The average molecular weight is 525 g/mol. The van der Waals surface area contributed by atoms with Crippen LogP contribution in [0.15, 0.2) is 88.1 Å². The predicted octanol–water partition coefficient (Wildman–Crippen LogP) is 5.28. The zero-order valence-corrected chi connectivity index (χ0v) is 21.7. The van der Waals surface area contributed by atoms with Gasteiger partial charge in [0.2, 0.25) is 11.0 Å². The van der Waals surface area contributed by atoms with E-state index in [-0.39, 0.29) is 4.90 Å². The first-order valence-electron chi connectivity index (χ1n) is 10.8. The molecule has 0 unspecified atom stereocenters. The molecule has 0 aliphatic heterocycles. The summed E-state index contributed by atoms with van der Waals surface area (Å²) in [5.41, 5.74) is 3.39. The lowest BCUT2D eigenvalue weighted by Gasteiger charge is -2.24. The largest absolute Gasteiger partial charge is 0.299 e. The molecule has 3 aromatic carbocycles. The van der Waals surface area contributed by atoms with Crippen LogP contribution in [0.5, 0.6) is 0 Å². The minimum atomic E-state index is -3.97. The van der Waals surface area contributed by atoms with Gasteiger partial charge < -0.3 is 0 Å². The molecule has 1 N–H and O–H groups in total. The number of aromatic nitrogens is 2. The summed E-state index contributed by atoms with van der Waals surface area (Å²) in [6.07, 6.45) is 0. The monoisotopic (exact) mass is 524 g/mol. The van der Waals surface area contributed by atoms with Gasteiger partial charge in [-0.1, -0.05) is 77.7 Å². The lowest BCUT2D eigenvalue weighted by atomic mass is 10.1. The van der Waals surface area contributed by atoms with Crippen LogP contribution in [0.1, 0.15) is 16.7 Å². The smallest absolute Gasteiger partial charge is 0.264 e. The molecule has 35 heavy (non-hydrogen) atoms. The number of hydrogen-bond acceptors (Lipinski definition) is 7. The van der Waals surface area contributed by atoms with Crippen LogP contribution in [0, 0.1) is 13.8 Å². The standard InChI is InChI=1S/C25H24N4O3S3/c1-18-13-19(2)15-21(14-18)29(35(31,32)22-11-7-4-8-12-22)16-23(30)26-24-27-28-25(34-24)33-17-20-9-5-3-6-10-20/h3-15H,16-17H2,1-2H3,(H,26,27,30). The molecule has 0 saturated carbocycles. The van der Waals surface area contributed by atoms with Crippen molar-refractivity contribution in [1.82, 2.24) is 10.2 Å². The van der Waals surface area contributed by atoms with Crippen molar-refractivity contribution in [1.29, 1.82) is 0 Å². The molecular weight excluding hydrogens is 501 g/mol. The van der Waals surface area contributed by atoms with Gasteiger partial charge in [-0.25, -0.2) is 8.42 Å². The highest BCUT2D eigenvalue weighted by Crippen LogP contribution is 2.29. The van der Waals surface area contributed by atoms with Crippen molar-refractivity contribution in [3.8, 4) is 0 Å². The third-order valence-electron chi connectivity index (χ3n) is 4.97. The molecule has 0 radical (unpaired) electrons. The van der Waals surface area contributed by atoms with Crippen LogP contribution in [-0.2, 0) is 20.6 Å². The summed E-state index contributed by atoms with van der Waals surface area (Å²) in [6, 6.07) is 23.5. The van der Waals surface area contributed by atoms with Gasteiger partial charge in [-0.05, 0) is 54.8 Å². The number of carbonyl (C=O) groups is 1. The zero-order chi connectivity index (χ0) is 24.8. The Balaban J connectivity index is 1.51. The lowest BCUT2D eigenvalue weighted by molar-refractivity contribution is -0.114. The van der Waals surface area contributed by atoms with Gasteiger partial charge in [-0.3, -0.25) is 14.4 Å². The molecule has 0 atom stereocenters. The topological polar surface area (TPSA) is 92.3 Å². The molecule has 1 aromatic heterocycles. The number of aryl methyl sites for hydroxylation is 2. The van der Waals surface area contributed by atoms with E-state index in [0.29, 0.717) is 15.2 Å². The van der Waals surface area contributed by atoms with E-state index in [2.05, 4.69) is 15.5 Å². The van der Waals surface area contributed by atoms with Gasteiger partial charge in [0.15, 0.2) is 4.34 Å². The van der Waals surface area contributed by atoms with Crippen LogP contribution in [0.25, 0.3) is 0 Å². The van der Waals surface area contributed by atoms with Crippen molar-refractivity contribution < 1.29 is 13.2 Å². The minimum Gasteiger partial charge on any atom is -0.299 e. The Kier molecular flexibility index (Phi) is 7.84.